The molecule has 6 nitrogen and oxygen atoms in total. The molecule has 0 atom stereocenters. The summed E-state index contributed by atoms with van der Waals surface area (Å²) in [7, 11) is 8.33. The molecule has 6 rings (SSSR count). The lowest BCUT2D eigenvalue weighted by Gasteiger charge is -2.26. The SMILES string of the molecule is COc1cc(C)cc(/C=C/c2ccc(N(c3ccc(/C=C/c4cc(OC)cc(OC)c4)cc3)c3ccc(/C=C/c4cc(C)c(OC)c(OC)c4)cc3)cc2)c1. The Kier molecular flexibility index (Phi) is 12.4. The fourth-order valence-corrected chi connectivity index (χ4v) is 6.42. The number of hydrogen-bond donors (Lipinski definition) is 0. The first-order chi connectivity index (χ1) is 26.8. The van der Waals surface area contributed by atoms with Gasteiger partial charge in [0.25, 0.3) is 0 Å². The lowest BCUT2D eigenvalue weighted by molar-refractivity contribution is 0.353. The van der Waals surface area contributed by atoms with Gasteiger partial charge in [-0.15, -0.1) is 0 Å². The molecule has 0 radical (unpaired) electrons. The van der Waals surface area contributed by atoms with Crippen molar-refractivity contribution in [2.45, 2.75) is 13.8 Å². The third kappa shape index (κ3) is 9.67. The van der Waals surface area contributed by atoms with Crippen LogP contribution in [-0.4, -0.2) is 35.5 Å². The summed E-state index contributed by atoms with van der Waals surface area (Å²) >= 11 is 0. The van der Waals surface area contributed by atoms with Gasteiger partial charge in [0.2, 0.25) is 0 Å². The summed E-state index contributed by atoms with van der Waals surface area (Å²) in [5.74, 6) is 3.82. The molecule has 0 heterocycles. The standard InChI is InChI=1S/C49H47NO5/c1-34-26-39(29-45(27-34)51-3)11-8-36-14-20-42(21-15-36)50(44-24-18-38(19-25-44)10-13-41-30-46(52-4)33-47(31-41)53-5)43-22-16-37(17-23-43)9-12-40-28-35(2)49(55-7)48(32-40)54-6/h8-33H,1-7H3/b11-8+,12-9+,13-10+. The third-order valence-corrected chi connectivity index (χ3v) is 9.23. The van der Waals surface area contributed by atoms with E-state index in [4.69, 9.17) is 23.7 Å². The van der Waals surface area contributed by atoms with E-state index in [1.807, 2.05) is 43.3 Å². The molecule has 0 aliphatic carbocycles. The van der Waals surface area contributed by atoms with Crippen LogP contribution in [0.15, 0.2) is 121 Å². The summed E-state index contributed by atoms with van der Waals surface area (Å²) in [5, 5.41) is 0. The fourth-order valence-electron chi connectivity index (χ4n) is 6.42. The predicted octanol–water partition coefficient (Wildman–Crippen LogP) is 12.3. The van der Waals surface area contributed by atoms with Crippen LogP contribution in [0.2, 0.25) is 0 Å². The first-order valence-electron chi connectivity index (χ1n) is 18.0. The maximum absolute atomic E-state index is 5.56. The minimum atomic E-state index is 0.715. The topological polar surface area (TPSA) is 49.4 Å². The number of rotatable bonds is 14. The molecule has 0 aliphatic heterocycles. The molecular formula is C49H47NO5. The molecule has 6 heteroatoms. The molecule has 0 aromatic heterocycles. The average molecular weight is 730 g/mol. The Labute approximate surface area is 325 Å². The summed E-state index contributed by atoms with van der Waals surface area (Å²) in [6.07, 6.45) is 12.6. The van der Waals surface area contributed by atoms with Crippen LogP contribution in [0.5, 0.6) is 28.7 Å². The van der Waals surface area contributed by atoms with Crippen molar-refractivity contribution in [1.29, 1.82) is 0 Å². The highest BCUT2D eigenvalue weighted by Crippen LogP contribution is 2.36. The number of hydrogen-bond acceptors (Lipinski definition) is 6. The second-order valence-electron chi connectivity index (χ2n) is 13.1. The monoisotopic (exact) mass is 729 g/mol. The molecule has 0 bridgehead atoms. The van der Waals surface area contributed by atoms with Crippen LogP contribution in [0.25, 0.3) is 36.5 Å². The van der Waals surface area contributed by atoms with Crippen LogP contribution in [0.4, 0.5) is 17.1 Å². The van der Waals surface area contributed by atoms with E-state index in [-0.39, 0.29) is 0 Å². The smallest absolute Gasteiger partial charge is 0.163 e. The quantitative estimate of drug-likeness (QED) is 0.104. The molecule has 0 saturated heterocycles. The lowest BCUT2D eigenvalue weighted by atomic mass is 10.1. The molecule has 0 fully saturated rings. The zero-order chi connectivity index (χ0) is 38.7. The minimum absolute atomic E-state index is 0.715. The van der Waals surface area contributed by atoms with E-state index in [1.165, 1.54) is 0 Å². The lowest BCUT2D eigenvalue weighted by Crippen LogP contribution is -2.09. The highest BCUT2D eigenvalue weighted by Gasteiger charge is 2.13. The summed E-state index contributed by atoms with van der Waals surface area (Å²) in [6.45, 7) is 4.10. The van der Waals surface area contributed by atoms with Crippen molar-refractivity contribution in [3.05, 3.63) is 166 Å². The molecule has 55 heavy (non-hydrogen) atoms. The molecule has 0 aliphatic rings. The van der Waals surface area contributed by atoms with Gasteiger partial charge in [0.05, 0.1) is 35.5 Å². The normalized spacial score (nSPS) is 11.3. The number of aryl methyl sites for hydroxylation is 2. The van der Waals surface area contributed by atoms with Crippen molar-refractivity contribution in [1.82, 2.24) is 0 Å². The van der Waals surface area contributed by atoms with E-state index in [1.54, 1.807) is 35.5 Å². The van der Waals surface area contributed by atoms with Crippen LogP contribution in [-0.2, 0) is 0 Å². The number of methoxy groups -OCH3 is 5. The number of benzene rings is 6. The van der Waals surface area contributed by atoms with Gasteiger partial charge >= 0.3 is 0 Å². The first kappa shape index (κ1) is 38.1. The molecule has 0 amide bonds. The molecule has 278 valence electrons. The molecule has 0 spiro atoms. The fraction of sp³-hybridized carbons (Fsp3) is 0.143. The Bertz CT molecular complexity index is 2280. The van der Waals surface area contributed by atoms with Gasteiger partial charge in [0.1, 0.15) is 17.2 Å². The molecule has 0 unspecified atom stereocenters. The molecule has 6 aromatic carbocycles. The van der Waals surface area contributed by atoms with E-state index >= 15 is 0 Å². The zero-order valence-electron chi connectivity index (χ0n) is 32.5. The first-order valence-corrected chi connectivity index (χ1v) is 18.0. The van der Waals surface area contributed by atoms with Gasteiger partial charge in [-0.3, -0.25) is 0 Å². The molecular weight excluding hydrogens is 683 g/mol. The minimum Gasteiger partial charge on any atom is -0.497 e. The van der Waals surface area contributed by atoms with Gasteiger partial charge in [-0.1, -0.05) is 78.9 Å². The van der Waals surface area contributed by atoms with Crippen molar-refractivity contribution in [2.24, 2.45) is 0 Å². The van der Waals surface area contributed by atoms with E-state index in [9.17, 15) is 0 Å². The summed E-state index contributed by atoms with van der Waals surface area (Å²) < 4.78 is 27.5. The van der Waals surface area contributed by atoms with Crippen molar-refractivity contribution >= 4 is 53.5 Å². The second kappa shape index (κ2) is 17.9. The summed E-state index contributed by atoms with van der Waals surface area (Å²) in [4.78, 5) is 2.27. The molecule has 6 aromatic rings. The van der Waals surface area contributed by atoms with Crippen LogP contribution >= 0.6 is 0 Å². The Morgan fingerprint density at radius 1 is 0.364 bits per heavy atom. The van der Waals surface area contributed by atoms with E-state index in [2.05, 4.69) is 133 Å². The van der Waals surface area contributed by atoms with Crippen molar-refractivity contribution in [2.75, 3.05) is 40.4 Å². The van der Waals surface area contributed by atoms with Crippen LogP contribution < -0.4 is 28.6 Å². The van der Waals surface area contributed by atoms with Gasteiger partial charge in [-0.25, -0.2) is 0 Å². The number of anilines is 3. The maximum Gasteiger partial charge on any atom is 0.163 e. The van der Waals surface area contributed by atoms with Crippen LogP contribution in [0.1, 0.15) is 44.5 Å². The van der Waals surface area contributed by atoms with Crippen molar-refractivity contribution < 1.29 is 23.7 Å². The van der Waals surface area contributed by atoms with Gasteiger partial charge < -0.3 is 28.6 Å². The highest BCUT2D eigenvalue weighted by atomic mass is 16.5. The Morgan fingerprint density at radius 3 is 1.15 bits per heavy atom. The molecule has 0 N–H and O–H groups in total. The van der Waals surface area contributed by atoms with E-state index in [0.29, 0.717) is 5.75 Å². The van der Waals surface area contributed by atoms with Gasteiger partial charge in [-0.05, 0) is 131 Å². The highest BCUT2D eigenvalue weighted by molar-refractivity contribution is 5.81. The van der Waals surface area contributed by atoms with Gasteiger partial charge in [-0.2, -0.15) is 0 Å². The van der Waals surface area contributed by atoms with E-state index < -0.39 is 0 Å². The Balaban J connectivity index is 1.29. The van der Waals surface area contributed by atoms with Crippen molar-refractivity contribution in [3.63, 3.8) is 0 Å². The number of ether oxygens (including phenoxy) is 5. The van der Waals surface area contributed by atoms with Crippen molar-refractivity contribution in [3.8, 4) is 28.7 Å². The average Bonchev–Trinajstić information content (AvgIpc) is 3.22. The predicted molar refractivity (Wildman–Crippen MR) is 229 cm³/mol. The van der Waals surface area contributed by atoms with E-state index in [0.717, 1.165) is 84.6 Å². The molecule has 0 saturated carbocycles. The Morgan fingerprint density at radius 2 is 0.745 bits per heavy atom. The summed E-state index contributed by atoms with van der Waals surface area (Å²) in [6, 6.07) is 41.9. The zero-order valence-corrected chi connectivity index (χ0v) is 32.5. The van der Waals surface area contributed by atoms with Gasteiger partial charge in [0, 0.05) is 23.1 Å². The third-order valence-electron chi connectivity index (χ3n) is 9.23. The number of nitrogens with zero attached hydrogens (tertiary/aromatic N) is 1. The second-order valence-corrected chi connectivity index (χ2v) is 13.1. The van der Waals surface area contributed by atoms with Crippen LogP contribution in [0, 0.1) is 13.8 Å². The maximum atomic E-state index is 5.56. The largest absolute Gasteiger partial charge is 0.497 e. The summed E-state index contributed by atoms with van der Waals surface area (Å²) in [5.41, 5.74) is 11.7. The van der Waals surface area contributed by atoms with Gasteiger partial charge in [0.15, 0.2) is 11.5 Å². The Hall–Kier alpha value is -6.66. The van der Waals surface area contributed by atoms with Crippen LogP contribution in [0.3, 0.4) is 0 Å².